The second-order valence-corrected chi connectivity index (χ2v) is 7.25. The Hall–Kier alpha value is -2.58. The summed E-state index contributed by atoms with van der Waals surface area (Å²) in [5, 5.41) is 9.99. The van der Waals surface area contributed by atoms with Crippen molar-refractivity contribution < 1.29 is 19.5 Å². The third kappa shape index (κ3) is 4.23. The number of hydrogen-bond acceptors (Lipinski definition) is 4. The number of nitrogens with zero attached hydrogens (tertiary/aromatic N) is 1. The van der Waals surface area contributed by atoms with Crippen molar-refractivity contribution in [3.63, 3.8) is 0 Å². The van der Waals surface area contributed by atoms with E-state index in [1.807, 2.05) is 12.1 Å². The summed E-state index contributed by atoms with van der Waals surface area (Å²) in [6.07, 6.45) is 0.0332. The van der Waals surface area contributed by atoms with E-state index in [9.17, 15) is 19.5 Å². The van der Waals surface area contributed by atoms with Crippen LogP contribution in [0.25, 0.3) is 0 Å². The molecule has 140 valence electrons. The molecule has 3 amide bonds. The van der Waals surface area contributed by atoms with Crippen LogP contribution in [0, 0.1) is 5.92 Å². The molecule has 1 aliphatic rings. The van der Waals surface area contributed by atoms with Gasteiger partial charge in [-0.2, -0.15) is 0 Å². The van der Waals surface area contributed by atoms with Gasteiger partial charge in [0.15, 0.2) is 0 Å². The Morgan fingerprint density at radius 2 is 1.93 bits per heavy atom. The monoisotopic (exact) mass is 451 g/mol. The van der Waals surface area contributed by atoms with Crippen LogP contribution in [-0.2, 0) is 9.59 Å². The molecule has 0 aliphatic carbocycles. The van der Waals surface area contributed by atoms with E-state index >= 15 is 0 Å². The molecule has 0 aromatic heterocycles. The summed E-state index contributed by atoms with van der Waals surface area (Å²) in [6, 6.07) is 11.2. The van der Waals surface area contributed by atoms with Crippen molar-refractivity contribution in [2.24, 2.45) is 5.92 Å². The molecule has 1 unspecified atom stereocenters. The summed E-state index contributed by atoms with van der Waals surface area (Å²) < 4.78 is 0.754. The van der Waals surface area contributed by atoms with Crippen LogP contribution in [0.5, 0.6) is 5.75 Å². The smallest absolute Gasteiger partial charge is 0.273 e. The lowest BCUT2D eigenvalue weighted by atomic mass is 10.1. The van der Waals surface area contributed by atoms with Gasteiger partial charge in [0.05, 0.1) is 17.2 Å². The normalized spacial score (nSPS) is 16.3. The standard InChI is InChI=1S/C18H15BrClN3O4/c19-13-3-1-2-4-14(13)23-9-10(7-16(23)25)17(26)21-22-18(27)12-8-11(20)5-6-15(12)24/h1-6,8,10,24H,7,9H2,(H,21,26)(H,22,27). The van der Waals surface area contributed by atoms with E-state index in [0.29, 0.717) is 5.69 Å². The molecular weight excluding hydrogens is 438 g/mol. The Morgan fingerprint density at radius 1 is 1.19 bits per heavy atom. The number of carbonyl (C=O) groups excluding carboxylic acids is 3. The first-order chi connectivity index (χ1) is 12.9. The Balaban J connectivity index is 1.62. The first-order valence-electron chi connectivity index (χ1n) is 8.00. The van der Waals surface area contributed by atoms with Crippen LogP contribution in [0.15, 0.2) is 46.9 Å². The molecule has 27 heavy (non-hydrogen) atoms. The number of para-hydroxylation sites is 1. The van der Waals surface area contributed by atoms with Gasteiger partial charge in [0.1, 0.15) is 5.75 Å². The highest BCUT2D eigenvalue weighted by atomic mass is 79.9. The fourth-order valence-corrected chi connectivity index (χ4v) is 3.44. The number of benzene rings is 2. The van der Waals surface area contributed by atoms with Crippen molar-refractivity contribution in [1.82, 2.24) is 10.9 Å². The number of amides is 3. The van der Waals surface area contributed by atoms with E-state index in [4.69, 9.17) is 11.6 Å². The maximum Gasteiger partial charge on any atom is 0.273 e. The summed E-state index contributed by atoms with van der Waals surface area (Å²) in [6.45, 7) is 0.200. The van der Waals surface area contributed by atoms with Crippen LogP contribution in [0.4, 0.5) is 5.69 Å². The van der Waals surface area contributed by atoms with Gasteiger partial charge >= 0.3 is 0 Å². The van der Waals surface area contributed by atoms with Crippen molar-refractivity contribution in [3.05, 3.63) is 57.5 Å². The Labute approximate surface area is 168 Å². The topological polar surface area (TPSA) is 98.7 Å². The lowest BCUT2D eigenvalue weighted by Crippen LogP contribution is -2.45. The number of phenols is 1. The van der Waals surface area contributed by atoms with E-state index in [1.165, 1.54) is 23.1 Å². The molecule has 1 saturated heterocycles. The lowest BCUT2D eigenvalue weighted by molar-refractivity contribution is -0.126. The highest BCUT2D eigenvalue weighted by Crippen LogP contribution is 2.31. The molecule has 3 rings (SSSR count). The first kappa shape index (κ1) is 19.2. The molecule has 2 aromatic carbocycles. The molecule has 0 radical (unpaired) electrons. The van der Waals surface area contributed by atoms with Gasteiger partial charge in [-0.25, -0.2) is 0 Å². The quantitative estimate of drug-likeness (QED) is 0.624. The maximum absolute atomic E-state index is 12.3. The van der Waals surface area contributed by atoms with Gasteiger partial charge in [0.2, 0.25) is 11.8 Å². The number of aromatic hydroxyl groups is 1. The van der Waals surface area contributed by atoms with Crippen molar-refractivity contribution in [1.29, 1.82) is 0 Å². The molecule has 1 atom stereocenters. The van der Waals surface area contributed by atoms with Gasteiger partial charge in [0.25, 0.3) is 5.91 Å². The molecule has 3 N–H and O–H groups in total. The number of phenolic OH excluding ortho intramolecular Hbond substituents is 1. The van der Waals surface area contributed by atoms with Gasteiger partial charge in [0, 0.05) is 22.5 Å². The molecule has 0 bridgehead atoms. The van der Waals surface area contributed by atoms with Crippen molar-refractivity contribution in [3.8, 4) is 5.75 Å². The van der Waals surface area contributed by atoms with Crippen molar-refractivity contribution in [2.75, 3.05) is 11.4 Å². The maximum atomic E-state index is 12.3. The highest BCUT2D eigenvalue weighted by Gasteiger charge is 2.36. The molecule has 1 fully saturated rings. The minimum Gasteiger partial charge on any atom is -0.507 e. The zero-order valence-corrected chi connectivity index (χ0v) is 16.3. The minimum atomic E-state index is -0.713. The molecule has 1 aliphatic heterocycles. The fourth-order valence-electron chi connectivity index (χ4n) is 2.76. The minimum absolute atomic E-state index is 0.0332. The molecule has 2 aromatic rings. The lowest BCUT2D eigenvalue weighted by Gasteiger charge is -2.18. The van der Waals surface area contributed by atoms with Crippen LogP contribution in [-0.4, -0.2) is 29.4 Å². The average molecular weight is 453 g/mol. The SMILES string of the molecule is O=C(NNC(=O)C1CC(=O)N(c2ccccc2Br)C1)c1cc(Cl)ccc1O. The summed E-state index contributed by atoms with van der Waals surface area (Å²) >= 11 is 9.20. The zero-order chi connectivity index (χ0) is 19.6. The molecule has 0 spiro atoms. The van der Waals surface area contributed by atoms with E-state index in [2.05, 4.69) is 26.8 Å². The highest BCUT2D eigenvalue weighted by molar-refractivity contribution is 9.10. The van der Waals surface area contributed by atoms with Gasteiger partial charge < -0.3 is 10.0 Å². The van der Waals surface area contributed by atoms with Crippen LogP contribution >= 0.6 is 27.5 Å². The first-order valence-corrected chi connectivity index (χ1v) is 9.17. The van der Waals surface area contributed by atoms with E-state index < -0.39 is 17.7 Å². The summed E-state index contributed by atoms with van der Waals surface area (Å²) in [5.41, 5.74) is 5.14. The number of hydrogen-bond donors (Lipinski definition) is 3. The van der Waals surface area contributed by atoms with Gasteiger partial charge in [-0.15, -0.1) is 0 Å². The number of carbonyl (C=O) groups is 3. The predicted octanol–water partition coefficient (Wildman–Crippen LogP) is 2.62. The number of anilines is 1. The number of rotatable bonds is 3. The van der Waals surface area contributed by atoms with E-state index in [0.717, 1.165) is 4.47 Å². The predicted molar refractivity (Wildman–Crippen MR) is 103 cm³/mol. The van der Waals surface area contributed by atoms with Crippen LogP contribution in [0.1, 0.15) is 16.8 Å². The third-order valence-corrected chi connectivity index (χ3v) is 5.05. The summed E-state index contributed by atoms with van der Waals surface area (Å²) in [4.78, 5) is 38.2. The second kappa shape index (κ2) is 7.98. The fraction of sp³-hybridized carbons (Fsp3) is 0.167. The zero-order valence-electron chi connectivity index (χ0n) is 13.9. The summed E-state index contributed by atoms with van der Waals surface area (Å²) in [5.74, 6) is -2.26. The van der Waals surface area contributed by atoms with Gasteiger partial charge in [-0.1, -0.05) is 23.7 Å². The number of hydrazine groups is 1. The molecule has 9 heteroatoms. The molecule has 0 saturated carbocycles. The largest absolute Gasteiger partial charge is 0.507 e. The molecular formula is C18H15BrClN3O4. The molecule has 7 nitrogen and oxygen atoms in total. The average Bonchev–Trinajstić information content (AvgIpc) is 3.03. The van der Waals surface area contributed by atoms with E-state index in [1.54, 1.807) is 12.1 Å². The Kier molecular flexibility index (Phi) is 5.67. The van der Waals surface area contributed by atoms with E-state index in [-0.39, 0.29) is 35.2 Å². The number of halogens is 2. The second-order valence-electron chi connectivity index (χ2n) is 5.96. The van der Waals surface area contributed by atoms with Crippen molar-refractivity contribution in [2.45, 2.75) is 6.42 Å². The van der Waals surface area contributed by atoms with Crippen molar-refractivity contribution >= 4 is 50.9 Å². The number of nitrogens with one attached hydrogen (secondary N) is 2. The molecule has 1 heterocycles. The Bertz CT molecular complexity index is 921. The van der Waals surface area contributed by atoms with Crippen LogP contribution in [0.3, 0.4) is 0 Å². The van der Waals surface area contributed by atoms with Gasteiger partial charge in [-0.3, -0.25) is 25.2 Å². The van der Waals surface area contributed by atoms with Gasteiger partial charge in [-0.05, 0) is 46.3 Å². The van der Waals surface area contributed by atoms with Crippen LogP contribution in [0.2, 0.25) is 5.02 Å². The Morgan fingerprint density at radius 3 is 2.67 bits per heavy atom. The van der Waals surface area contributed by atoms with Crippen LogP contribution < -0.4 is 15.8 Å². The third-order valence-electron chi connectivity index (χ3n) is 4.14. The summed E-state index contributed by atoms with van der Waals surface area (Å²) in [7, 11) is 0.